The molecule has 2 aromatic carbocycles. The van der Waals surface area contributed by atoms with Crippen LogP contribution < -0.4 is 14.8 Å². The van der Waals surface area contributed by atoms with Crippen LogP contribution in [0.15, 0.2) is 41.3 Å². The number of anilines is 1. The highest BCUT2D eigenvalue weighted by Crippen LogP contribution is 2.32. The van der Waals surface area contributed by atoms with Gasteiger partial charge in [-0.3, -0.25) is 4.79 Å². The SMILES string of the molecule is COc1ccc(S(=O)(=O)N2CCC[C@H](C(=O)Nc3ccc(C)cc3C)C2)cc1OC. The number of nitrogens with zero attached hydrogens (tertiary/aromatic N) is 1. The van der Waals surface area contributed by atoms with Gasteiger partial charge in [0.15, 0.2) is 11.5 Å². The van der Waals surface area contributed by atoms with E-state index in [1.165, 1.54) is 30.7 Å². The van der Waals surface area contributed by atoms with Crippen molar-refractivity contribution in [2.75, 3.05) is 32.6 Å². The summed E-state index contributed by atoms with van der Waals surface area (Å²) < 4.78 is 38.1. The number of rotatable bonds is 6. The van der Waals surface area contributed by atoms with Crippen LogP contribution in [-0.4, -0.2) is 45.9 Å². The van der Waals surface area contributed by atoms with Gasteiger partial charge in [0.1, 0.15) is 0 Å². The van der Waals surface area contributed by atoms with Crippen molar-refractivity contribution in [3.8, 4) is 11.5 Å². The fraction of sp³-hybridized carbons (Fsp3) is 0.409. The van der Waals surface area contributed by atoms with Gasteiger partial charge in [0.25, 0.3) is 0 Å². The Morgan fingerprint density at radius 2 is 1.80 bits per heavy atom. The van der Waals surface area contributed by atoms with Gasteiger partial charge in [-0.25, -0.2) is 8.42 Å². The summed E-state index contributed by atoms with van der Waals surface area (Å²) in [6.45, 7) is 4.46. The fourth-order valence-corrected chi connectivity index (χ4v) is 5.23. The van der Waals surface area contributed by atoms with Crippen LogP contribution in [-0.2, 0) is 14.8 Å². The van der Waals surface area contributed by atoms with Gasteiger partial charge in [0.05, 0.1) is 25.0 Å². The first kappa shape index (κ1) is 22.1. The van der Waals surface area contributed by atoms with Gasteiger partial charge < -0.3 is 14.8 Å². The van der Waals surface area contributed by atoms with E-state index in [-0.39, 0.29) is 17.3 Å². The smallest absolute Gasteiger partial charge is 0.243 e. The lowest BCUT2D eigenvalue weighted by Gasteiger charge is -2.31. The van der Waals surface area contributed by atoms with Crippen molar-refractivity contribution >= 4 is 21.6 Å². The molecule has 0 radical (unpaired) electrons. The minimum absolute atomic E-state index is 0.121. The first-order chi connectivity index (χ1) is 14.3. The zero-order chi connectivity index (χ0) is 21.9. The topological polar surface area (TPSA) is 84.9 Å². The second kappa shape index (κ2) is 9.06. The van der Waals surface area contributed by atoms with Crippen LogP contribution in [0.2, 0.25) is 0 Å². The van der Waals surface area contributed by atoms with Crippen molar-refractivity contribution in [3.05, 3.63) is 47.5 Å². The highest BCUT2D eigenvalue weighted by molar-refractivity contribution is 7.89. The first-order valence-electron chi connectivity index (χ1n) is 9.86. The third-order valence-corrected chi connectivity index (χ3v) is 7.25. The van der Waals surface area contributed by atoms with E-state index in [0.29, 0.717) is 30.9 Å². The molecule has 7 nitrogen and oxygen atoms in total. The number of ether oxygens (including phenoxy) is 2. The summed E-state index contributed by atoms with van der Waals surface area (Å²) in [5.41, 5.74) is 2.86. The maximum atomic E-state index is 13.2. The molecule has 1 amide bonds. The van der Waals surface area contributed by atoms with Crippen LogP contribution in [0.3, 0.4) is 0 Å². The number of nitrogens with one attached hydrogen (secondary N) is 1. The Bertz CT molecular complexity index is 1040. The summed E-state index contributed by atoms with van der Waals surface area (Å²) in [6, 6.07) is 10.3. The van der Waals surface area contributed by atoms with Crippen LogP contribution >= 0.6 is 0 Å². The summed E-state index contributed by atoms with van der Waals surface area (Å²) in [6.07, 6.45) is 1.27. The molecular formula is C22H28N2O5S. The molecule has 1 N–H and O–H groups in total. The summed E-state index contributed by atoms with van der Waals surface area (Å²) in [5.74, 6) is 0.240. The van der Waals surface area contributed by atoms with E-state index in [4.69, 9.17) is 9.47 Å². The standard InChI is InChI=1S/C22H28N2O5S/c1-15-7-9-19(16(2)12-15)23-22(25)17-6-5-11-24(14-17)30(26,27)18-8-10-20(28-3)21(13-18)29-4/h7-10,12-13,17H,5-6,11,14H2,1-4H3,(H,23,25)/t17-/m0/s1. The van der Waals surface area contributed by atoms with Crippen LogP contribution in [0.1, 0.15) is 24.0 Å². The molecule has 0 saturated carbocycles. The molecular weight excluding hydrogens is 404 g/mol. The van der Waals surface area contributed by atoms with E-state index in [9.17, 15) is 13.2 Å². The molecule has 1 fully saturated rings. The van der Waals surface area contributed by atoms with E-state index in [2.05, 4.69) is 5.32 Å². The van der Waals surface area contributed by atoms with E-state index in [1.54, 1.807) is 6.07 Å². The van der Waals surface area contributed by atoms with Crippen molar-refractivity contribution in [3.63, 3.8) is 0 Å². The predicted octanol–water partition coefficient (Wildman–Crippen LogP) is 3.36. The maximum absolute atomic E-state index is 13.2. The molecule has 8 heteroatoms. The molecule has 0 bridgehead atoms. The molecule has 0 aromatic heterocycles. The Labute approximate surface area is 178 Å². The maximum Gasteiger partial charge on any atom is 0.243 e. The number of methoxy groups -OCH3 is 2. The third kappa shape index (κ3) is 4.60. The Balaban J connectivity index is 1.77. The average Bonchev–Trinajstić information content (AvgIpc) is 2.75. The number of hydrogen-bond acceptors (Lipinski definition) is 5. The molecule has 1 aliphatic heterocycles. The second-order valence-electron chi connectivity index (χ2n) is 7.53. The Morgan fingerprint density at radius 3 is 2.47 bits per heavy atom. The van der Waals surface area contributed by atoms with E-state index in [1.807, 2.05) is 32.0 Å². The zero-order valence-electron chi connectivity index (χ0n) is 17.8. The average molecular weight is 433 g/mol. The van der Waals surface area contributed by atoms with Gasteiger partial charge in [-0.15, -0.1) is 0 Å². The van der Waals surface area contributed by atoms with Crippen molar-refractivity contribution in [2.24, 2.45) is 5.92 Å². The molecule has 1 aliphatic rings. The molecule has 162 valence electrons. The molecule has 1 atom stereocenters. The number of carbonyl (C=O) groups excluding carboxylic acids is 1. The summed E-state index contributed by atoms with van der Waals surface area (Å²) in [7, 11) is -0.798. The quantitative estimate of drug-likeness (QED) is 0.757. The lowest BCUT2D eigenvalue weighted by molar-refractivity contribution is -0.120. The van der Waals surface area contributed by atoms with Gasteiger partial charge in [-0.2, -0.15) is 4.31 Å². The van der Waals surface area contributed by atoms with Crippen LogP contribution in [0, 0.1) is 19.8 Å². The number of sulfonamides is 1. The van der Waals surface area contributed by atoms with Crippen molar-refractivity contribution in [1.82, 2.24) is 4.31 Å². The summed E-state index contributed by atoms with van der Waals surface area (Å²) in [4.78, 5) is 12.9. The Hall–Kier alpha value is -2.58. The van der Waals surface area contributed by atoms with Gasteiger partial charge in [0, 0.05) is 24.8 Å². The Morgan fingerprint density at radius 1 is 1.07 bits per heavy atom. The molecule has 0 unspecified atom stereocenters. The van der Waals surface area contributed by atoms with Gasteiger partial charge in [-0.1, -0.05) is 17.7 Å². The number of amides is 1. The predicted molar refractivity (Wildman–Crippen MR) is 116 cm³/mol. The highest BCUT2D eigenvalue weighted by atomic mass is 32.2. The van der Waals surface area contributed by atoms with Crippen molar-refractivity contribution in [1.29, 1.82) is 0 Å². The van der Waals surface area contributed by atoms with Gasteiger partial charge in [-0.05, 0) is 50.5 Å². The minimum Gasteiger partial charge on any atom is -0.493 e. The van der Waals surface area contributed by atoms with E-state index in [0.717, 1.165) is 16.8 Å². The number of aryl methyl sites for hydroxylation is 2. The van der Waals surface area contributed by atoms with Gasteiger partial charge >= 0.3 is 0 Å². The third-order valence-electron chi connectivity index (χ3n) is 5.39. The fourth-order valence-electron chi connectivity index (χ4n) is 3.69. The van der Waals surface area contributed by atoms with Crippen molar-refractivity contribution in [2.45, 2.75) is 31.6 Å². The lowest BCUT2D eigenvalue weighted by Crippen LogP contribution is -2.43. The number of hydrogen-bond donors (Lipinski definition) is 1. The molecule has 0 spiro atoms. The number of piperidine rings is 1. The molecule has 2 aromatic rings. The zero-order valence-corrected chi connectivity index (χ0v) is 18.6. The van der Waals surface area contributed by atoms with Crippen LogP contribution in [0.5, 0.6) is 11.5 Å². The highest BCUT2D eigenvalue weighted by Gasteiger charge is 2.34. The molecule has 0 aliphatic carbocycles. The lowest BCUT2D eigenvalue weighted by atomic mass is 9.98. The van der Waals surface area contributed by atoms with E-state index >= 15 is 0 Å². The first-order valence-corrected chi connectivity index (χ1v) is 11.3. The summed E-state index contributed by atoms with van der Waals surface area (Å²) >= 11 is 0. The molecule has 30 heavy (non-hydrogen) atoms. The second-order valence-corrected chi connectivity index (χ2v) is 9.46. The molecule has 3 rings (SSSR count). The largest absolute Gasteiger partial charge is 0.493 e. The number of carbonyl (C=O) groups is 1. The Kier molecular flexibility index (Phi) is 6.67. The molecule has 1 heterocycles. The molecule has 1 saturated heterocycles. The number of benzene rings is 2. The summed E-state index contributed by atoms with van der Waals surface area (Å²) in [5, 5.41) is 2.96. The van der Waals surface area contributed by atoms with E-state index < -0.39 is 15.9 Å². The van der Waals surface area contributed by atoms with Gasteiger partial charge in [0.2, 0.25) is 15.9 Å². The van der Waals surface area contributed by atoms with Crippen LogP contribution in [0.4, 0.5) is 5.69 Å². The monoisotopic (exact) mass is 432 g/mol. The normalized spacial score (nSPS) is 17.4. The van der Waals surface area contributed by atoms with Crippen LogP contribution in [0.25, 0.3) is 0 Å². The van der Waals surface area contributed by atoms with Crippen molar-refractivity contribution < 1.29 is 22.7 Å². The minimum atomic E-state index is -3.75.